The number of methoxy groups -OCH3 is 3. The second-order valence-electron chi connectivity index (χ2n) is 10.2. The van der Waals surface area contributed by atoms with E-state index in [-0.39, 0.29) is 24.3 Å². The highest BCUT2D eigenvalue weighted by Gasteiger charge is 2.29. The number of hydrogen-bond donors (Lipinski definition) is 1. The number of nitrogens with one attached hydrogen (secondary N) is 1. The van der Waals surface area contributed by atoms with Crippen molar-refractivity contribution < 1.29 is 23.8 Å². The summed E-state index contributed by atoms with van der Waals surface area (Å²) in [5.74, 6) is 1.32. The number of hydrogen-bond acceptors (Lipinski definition) is 5. The van der Waals surface area contributed by atoms with Crippen molar-refractivity contribution in [3.05, 3.63) is 59.8 Å². The SMILES string of the molecule is COCCCN(CC(=O)N(CCc1c[nH]c2ccccc12)Cc1ccc(OC)c(OC)c1)C(=O)C1CCCC1. The van der Waals surface area contributed by atoms with E-state index in [1.54, 1.807) is 26.2 Å². The number of aromatic amines is 1. The predicted octanol–water partition coefficient (Wildman–Crippen LogP) is 4.81. The Morgan fingerprint density at radius 3 is 2.46 bits per heavy atom. The Morgan fingerprint density at radius 2 is 1.72 bits per heavy atom. The Hall–Kier alpha value is -3.52. The fourth-order valence-electron chi connectivity index (χ4n) is 5.45. The van der Waals surface area contributed by atoms with Gasteiger partial charge in [-0.15, -0.1) is 0 Å². The van der Waals surface area contributed by atoms with Crippen molar-refractivity contribution in [2.24, 2.45) is 5.92 Å². The molecule has 1 aromatic heterocycles. The number of carbonyl (C=O) groups excluding carboxylic acids is 2. The summed E-state index contributed by atoms with van der Waals surface area (Å²) in [6, 6.07) is 13.9. The fourth-order valence-corrected chi connectivity index (χ4v) is 5.45. The lowest BCUT2D eigenvalue weighted by atomic mass is 10.1. The van der Waals surface area contributed by atoms with Crippen LogP contribution in [0, 0.1) is 5.92 Å². The fraction of sp³-hybridized carbons (Fsp3) is 0.484. The minimum atomic E-state index is -0.0617. The molecule has 1 N–H and O–H groups in total. The van der Waals surface area contributed by atoms with Crippen molar-refractivity contribution in [3.63, 3.8) is 0 Å². The van der Waals surface area contributed by atoms with Gasteiger partial charge in [0.2, 0.25) is 11.8 Å². The lowest BCUT2D eigenvalue weighted by Gasteiger charge is -2.29. The van der Waals surface area contributed by atoms with Gasteiger partial charge in [-0.3, -0.25) is 9.59 Å². The average Bonchev–Trinajstić information content (AvgIpc) is 3.65. The van der Waals surface area contributed by atoms with E-state index in [1.165, 1.54) is 0 Å². The molecule has 0 radical (unpaired) electrons. The number of nitrogens with zero attached hydrogens (tertiary/aromatic N) is 2. The maximum absolute atomic E-state index is 13.8. The van der Waals surface area contributed by atoms with E-state index in [2.05, 4.69) is 17.1 Å². The lowest BCUT2D eigenvalue weighted by molar-refractivity contribution is -0.143. The number of amides is 2. The van der Waals surface area contributed by atoms with Crippen molar-refractivity contribution in [2.75, 3.05) is 47.6 Å². The minimum Gasteiger partial charge on any atom is -0.493 e. The first-order valence-corrected chi connectivity index (χ1v) is 13.9. The van der Waals surface area contributed by atoms with Gasteiger partial charge in [0.15, 0.2) is 11.5 Å². The van der Waals surface area contributed by atoms with Gasteiger partial charge in [0.1, 0.15) is 0 Å². The van der Waals surface area contributed by atoms with E-state index < -0.39 is 0 Å². The monoisotopic (exact) mass is 535 g/mol. The smallest absolute Gasteiger partial charge is 0.242 e. The van der Waals surface area contributed by atoms with E-state index in [0.29, 0.717) is 50.6 Å². The number of para-hydroxylation sites is 1. The molecule has 2 aromatic carbocycles. The molecule has 1 aliphatic carbocycles. The summed E-state index contributed by atoms with van der Waals surface area (Å²) in [6.45, 7) is 2.07. The molecule has 1 fully saturated rings. The van der Waals surface area contributed by atoms with Crippen LogP contribution in [0.15, 0.2) is 48.7 Å². The first kappa shape index (κ1) is 28.5. The molecule has 0 spiro atoms. The largest absolute Gasteiger partial charge is 0.493 e. The van der Waals surface area contributed by atoms with Crippen molar-refractivity contribution >= 4 is 22.7 Å². The number of ether oxygens (including phenoxy) is 3. The molecular formula is C31H41N3O5. The molecule has 210 valence electrons. The van der Waals surface area contributed by atoms with Crippen LogP contribution in [0.3, 0.4) is 0 Å². The summed E-state index contributed by atoms with van der Waals surface area (Å²) in [5.41, 5.74) is 3.18. The Labute approximate surface area is 231 Å². The number of benzene rings is 2. The Bertz CT molecular complexity index is 1230. The summed E-state index contributed by atoms with van der Waals surface area (Å²) >= 11 is 0. The number of aromatic nitrogens is 1. The highest BCUT2D eigenvalue weighted by Crippen LogP contribution is 2.29. The first-order chi connectivity index (χ1) is 19.0. The van der Waals surface area contributed by atoms with Crippen molar-refractivity contribution in [2.45, 2.75) is 45.1 Å². The summed E-state index contributed by atoms with van der Waals surface area (Å²) in [5, 5.41) is 1.16. The zero-order valence-corrected chi connectivity index (χ0v) is 23.4. The van der Waals surface area contributed by atoms with Gasteiger partial charge in [0, 0.05) is 56.4 Å². The molecule has 8 heteroatoms. The molecule has 4 rings (SSSR count). The van der Waals surface area contributed by atoms with Gasteiger partial charge in [0.05, 0.1) is 20.8 Å². The van der Waals surface area contributed by atoms with Crippen molar-refractivity contribution in [1.29, 1.82) is 0 Å². The van der Waals surface area contributed by atoms with Crippen LogP contribution in [0.25, 0.3) is 10.9 Å². The van der Waals surface area contributed by atoms with Crippen LogP contribution in [0.5, 0.6) is 11.5 Å². The van der Waals surface area contributed by atoms with Gasteiger partial charge in [-0.2, -0.15) is 0 Å². The second-order valence-corrected chi connectivity index (χ2v) is 10.2. The molecule has 0 atom stereocenters. The quantitative estimate of drug-likeness (QED) is 0.300. The average molecular weight is 536 g/mol. The van der Waals surface area contributed by atoms with E-state index in [9.17, 15) is 9.59 Å². The number of H-pyrrole nitrogens is 1. The van der Waals surface area contributed by atoms with Gasteiger partial charge < -0.3 is 29.0 Å². The summed E-state index contributed by atoms with van der Waals surface area (Å²) < 4.78 is 16.1. The van der Waals surface area contributed by atoms with Gasteiger partial charge in [-0.25, -0.2) is 0 Å². The van der Waals surface area contributed by atoms with Crippen LogP contribution in [0.1, 0.15) is 43.2 Å². The molecule has 0 saturated heterocycles. The molecule has 1 saturated carbocycles. The molecule has 8 nitrogen and oxygen atoms in total. The van der Waals surface area contributed by atoms with E-state index >= 15 is 0 Å². The van der Waals surface area contributed by atoms with Crippen LogP contribution >= 0.6 is 0 Å². The van der Waals surface area contributed by atoms with E-state index in [1.807, 2.05) is 41.4 Å². The van der Waals surface area contributed by atoms with Gasteiger partial charge in [-0.1, -0.05) is 37.1 Å². The normalized spacial score (nSPS) is 13.5. The number of rotatable bonds is 14. The molecule has 2 amide bonds. The summed E-state index contributed by atoms with van der Waals surface area (Å²) in [6.07, 6.45) is 7.38. The van der Waals surface area contributed by atoms with E-state index in [4.69, 9.17) is 14.2 Å². The Kier molecular flexibility index (Phi) is 10.3. The maximum atomic E-state index is 13.8. The minimum absolute atomic E-state index is 0.0193. The van der Waals surface area contributed by atoms with Gasteiger partial charge >= 0.3 is 0 Å². The first-order valence-electron chi connectivity index (χ1n) is 13.9. The molecular weight excluding hydrogens is 494 g/mol. The van der Waals surface area contributed by atoms with Crippen LogP contribution in [-0.2, 0) is 27.3 Å². The number of fused-ring (bicyclic) bond motifs is 1. The molecule has 0 bridgehead atoms. The van der Waals surface area contributed by atoms with Gasteiger partial charge in [0.25, 0.3) is 0 Å². The van der Waals surface area contributed by atoms with E-state index in [0.717, 1.165) is 47.7 Å². The predicted molar refractivity (Wildman–Crippen MR) is 152 cm³/mol. The van der Waals surface area contributed by atoms with Crippen LogP contribution in [0.2, 0.25) is 0 Å². The van der Waals surface area contributed by atoms with Crippen LogP contribution < -0.4 is 9.47 Å². The summed E-state index contributed by atoms with van der Waals surface area (Å²) in [7, 11) is 4.87. The number of carbonyl (C=O) groups is 2. The standard InChI is InChI=1S/C31H41N3O5/c1-37-18-8-16-34(31(36)24-9-4-5-10-24)22-30(35)33(21-23-13-14-28(38-2)29(19-23)39-3)17-15-25-20-32-27-12-7-6-11-26(25)27/h6-7,11-14,19-20,24,32H,4-5,8-10,15-18,21-22H2,1-3H3. The van der Waals surface area contributed by atoms with Crippen molar-refractivity contribution in [1.82, 2.24) is 14.8 Å². The molecule has 0 unspecified atom stereocenters. The third-order valence-corrected chi connectivity index (χ3v) is 7.62. The molecule has 1 aliphatic rings. The third kappa shape index (κ3) is 7.32. The molecule has 1 heterocycles. The van der Waals surface area contributed by atoms with Gasteiger partial charge in [-0.05, 0) is 55.0 Å². The topological polar surface area (TPSA) is 84.1 Å². The van der Waals surface area contributed by atoms with Crippen LogP contribution in [0.4, 0.5) is 0 Å². The zero-order chi connectivity index (χ0) is 27.6. The van der Waals surface area contributed by atoms with Crippen molar-refractivity contribution in [3.8, 4) is 11.5 Å². The maximum Gasteiger partial charge on any atom is 0.242 e. The molecule has 3 aromatic rings. The lowest BCUT2D eigenvalue weighted by Crippen LogP contribution is -2.45. The third-order valence-electron chi connectivity index (χ3n) is 7.62. The highest BCUT2D eigenvalue weighted by molar-refractivity contribution is 5.86. The van der Waals surface area contributed by atoms with Crippen LogP contribution in [-0.4, -0.2) is 74.2 Å². The Balaban J connectivity index is 1.54. The summed E-state index contributed by atoms with van der Waals surface area (Å²) in [4.78, 5) is 34.2. The highest BCUT2D eigenvalue weighted by atomic mass is 16.5. The molecule has 0 aliphatic heterocycles. The molecule has 39 heavy (non-hydrogen) atoms. The second kappa shape index (κ2) is 14.0. The zero-order valence-electron chi connectivity index (χ0n) is 23.4. The Morgan fingerprint density at radius 1 is 0.949 bits per heavy atom.